The van der Waals surface area contributed by atoms with Gasteiger partial charge in [0.15, 0.2) is 0 Å². The average molecular weight is 269 g/mol. The molecule has 0 aliphatic heterocycles. The molecule has 2 rings (SSSR count). The van der Waals surface area contributed by atoms with E-state index in [1.807, 2.05) is 32.0 Å². The average Bonchev–Trinajstić information content (AvgIpc) is 2.47. The summed E-state index contributed by atoms with van der Waals surface area (Å²) < 4.78 is 0. The van der Waals surface area contributed by atoms with Crippen LogP contribution in [0.15, 0.2) is 42.7 Å². The molecule has 0 aliphatic rings. The van der Waals surface area contributed by atoms with Crippen LogP contribution in [0, 0.1) is 6.92 Å². The third-order valence-corrected chi connectivity index (χ3v) is 3.10. The van der Waals surface area contributed by atoms with Gasteiger partial charge in [-0.05, 0) is 32.3 Å². The molecule has 0 aliphatic carbocycles. The minimum Gasteiger partial charge on any atom is -0.348 e. The first-order valence-electron chi connectivity index (χ1n) is 6.78. The predicted molar refractivity (Wildman–Crippen MR) is 78.5 cm³/mol. The highest BCUT2D eigenvalue weighted by molar-refractivity contribution is 5.92. The SMILES string of the molecule is Cc1cnc(C(=O)N[C@@H](C)CCc2ccccc2)cn1. The van der Waals surface area contributed by atoms with Crippen LogP contribution in [0.1, 0.15) is 35.1 Å². The summed E-state index contributed by atoms with van der Waals surface area (Å²) in [6.07, 6.45) is 4.95. The lowest BCUT2D eigenvalue weighted by molar-refractivity contribution is 0.0933. The van der Waals surface area contributed by atoms with E-state index in [4.69, 9.17) is 0 Å². The van der Waals surface area contributed by atoms with Crippen LogP contribution in [0.25, 0.3) is 0 Å². The summed E-state index contributed by atoms with van der Waals surface area (Å²) in [5.74, 6) is -0.168. The maximum absolute atomic E-state index is 12.0. The van der Waals surface area contributed by atoms with E-state index >= 15 is 0 Å². The fourth-order valence-electron chi connectivity index (χ4n) is 1.91. The second kappa shape index (κ2) is 6.80. The Balaban J connectivity index is 1.83. The molecule has 4 nitrogen and oxygen atoms in total. The van der Waals surface area contributed by atoms with Gasteiger partial charge in [-0.15, -0.1) is 0 Å². The Labute approximate surface area is 119 Å². The van der Waals surface area contributed by atoms with Gasteiger partial charge in [0.25, 0.3) is 5.91 Å². The minimum atomic E-state index is -0.168. The summed E-state index contributed by atoms with van der Waals surface area (Å²) in [5, 5.41) is 2.94. The zero-order valence-corrected chi connectivity index (χ0v) is 11.8. The summed E-state index contributed by atoms with van der Waals surface area (Å²) in [4.78, 5) is 20.1. The molecule has 1 amide bonds. The highest BCUT2D eigenvalue weighted by Gasteiger charge is 2.11. The highest BCUT2D eigenvalue weighted by Crippen LogP contribution is 2.05. The molecule has 1 atom stereocenters. The van der Waals surface area contributed by atoms with Crippen molar-refractivity contribution < 1.29 is 4.79 Å². The lowest BCUT2D eigenvalue weighted by Gasteiger charge is -2.13. The Kier molecular flexibility index (Phi) is 4.82. The van der Waals surface area contributed by atoms with Gasteiger partial charge in [-0.3, -0.25) is 9.78 Å². The van der Waals surface area contributed by atoms with E-state index in [2.05, 4.69) is 27.4 Å². The summed E-state index contributed by atoms with van der Waals surface area (Å²) in [5.41, 5.74) is 2.45. The molecule has 0 spiro atoms. The van der Waals surface area contributed by atoms with Crippen LogP contribution >= 0.6 is 0 Å². The quantitative estimate of drug-likeness (QED) is 0.907. The first kappa shape index (κ1) is 14.2. The molecule has 0 saturated heterocycles. The molecule has 0 fully saturated rings. The van der Waals surface area contributed by atoms with Gasteiger partial charge < -0.3 is 5.32 Å². The maximum atomic E-state index is 12.0. The van der Waals surface area contributed by atoms with Crippen molar-refractivity contribution in [2.75, 3.05) is 0 Å². The van der Waals surface area contributed by atoms with Crippen molar-refractivity contribution in [1.29, 1.82) is 0 Å². The predicted octanol–water partition coefficient (Wildman–Crippen LogP) is 2.54. The second-order valence-corrected chi connectivity index (χ2v) is 4.94. The van der Waals surface area contributed by atoms with Gasteiger partial charge in [0.1, 0.15) is 5.69 Å². The maximum Gasteiger partial charge on any atom is 0.271 e. The lowest BCUT2D eigenvalue weighted by atomic mass is 10.1. The number of hydrogen-bond donors (Lipinski definition) is 1. The van der Waals surface area contributed by atoms with Crippen molar-refractivity contribution in [3.63, 3.8) is 0 Å². The van der Waals surface area contributed by atoms with Gasteiger partial charge in [-0.1, -0.05) is 30.3 Å². The first-order valence-corrected chi connectivity index (χ1v) is 6.78. The van der Waals surface area contributed by atoms with Crippen LogP contribution in [-0.2, 0) is 6.42 Å². The lowest BCUT2D eigenvalue weighted by Crippen LogP contribution is -2.33. The highest BCUT2D eigenvalue weighted by atomic mass is 16.1. The molecule has 4 heteroatoms. The molecular formula is C16H19N3O. The van der Waals surface area contributed by atoms with Crippen molar-refractivity contribution in [1.82, 2.24) is 15.3 Å². The number of aromatic nitrogens is 2. The molecule has 1 aromatic heterocycles. The molecule has 2 aromatic rings. The van der Waals surface area contributed by atoms with E-state index in [1.54, 1.807) is 6.20 Å². The van der Waals surface area contributed by atoms with Gasteiger partial charge in [-0.2, -0.15) is 0 Å². The van der Waals surface area contributed by atoms with Gasteiger partial charge in [0.2, 0.25) is 0 Å². The number of rotatable bonds is 5. The van der Waals surface area contributed by atoms with Gasteiger partial charge in [0, 0.05) is 12.2 Å². The monoisotopic (exact) mass is 269 g/mol. The van der Waals surface area contributed by atoms with Crippen molar-refractivity contribution >= 4 is 5.91 Å². The third-order valence-electron chi connectivity index (χ3n) is 3.10. The molecule has 1 aromatic carbocycles. The molecular weight excluding hydrogens is 250 g/mol. The van der Waals surface area contributed by atoms with Crippen molar-refractivity contribution in [3.05, 3.63) is 59.7 Å². The number of amides is 1. The number of nitrogens with zero attached hydrogens (tertiary/aromatic N) is 2. The van der Waals surface area contributed by atoms with Crippen LogP contribution < -0.4 is 5.32 Å². The number of hydrogen-bond acceptors (Lipinski definition) is 3. The smallest absolute Gasteiger partial charge is 0.271 e. The number of carbonyl (C=O) groups is 1. The van der Waals surface area contributed by atoms with Gasteiger partial charge in [0.05, 0.1) is 11.9 Å². The molecule has 0 unspecified atom stereocenters. The standard InChI is InChI=1S/C16H19N3O/c1-12(8-9-14-6-4-3-5-7-14)19-16(20)15-11-17-13(2)10-18-15/h3-7,10-12H,8-9H2,1-2H3,(H,19,20)/t12-/m0/s1. The Bertz CT molecular complexity index is 552. The topological polar surface area (TPSA) is 54.9 Å². The van der Waals surface area contributed by atoms with Gasteiger partial charge >= 0.3 is 0 Å². The zero-order valence-electron chi connectivity index (χ0n) is 11.8. The van der Waals surface area contributed by atoms with E-state index in [-0.39, 0.29) is 11.9 Å². The van der Waals surface area contributed by atoms with Crippen molar-refractivity contribution in [3.8, 4) is 0 Å². The minimum absolute atomic E-state index is 0.103. The van der Waals surface area contributed by atoms with Gasteiger partial charge in [-0.25, -0.2) is 4.98 Å². The van der Waals surface area contributed by atoms with E-state index in [1.165, 1.54) is 11.8 Å². The zero-order chi connectivity index (χ0) is 14.4. The molecule has 1 N–H and O–H groups in total. The normalized spacial score (nSPS) is 11.9. The van der Waals surface area contributed by atoms with E-state index in [9.17, 15) is 4.79 Å². The Morgan fingerprint density at radius 3 is 2.60 bits per heavy atom. The first-order chi connectivity index (χ1) is 9.65. The number of nitrogens with one attached hydrogen (secondary N) is 1. The van der Waals surface area contributed by atoms with Crippen molar-refractivity contribution in [2.24, 2.45) is 0 Å². The van der Waals surface area contributed by atoms with Crippen LogP contribution in [0.4, 0.5) is 0 Å². The van der Waals surface area contributed by atoms with E-state index in [0.29, 0.717) is 5.69 Å². The summed E-state index contributed by atoms with van der Waals surface area (Å²) >= 11 is 0. The number of benzene rings is 1. The van der Waals surface area contributed by atoms with E-state index in [0.717, 1.165) is 18.5 Å². The Morgan fingerprint density at radius 2 is 1.95 bits per heavy atom. The van der Waals surface area contributed by atoms with Crippen LogP contribution in [0.5, 0.6) is 0 Å². The molecule has 0 radical (unpaired) electrons. The van der Waals surface area contributed by atoms with Crippen LogP contribution in [0.3, 0.4) is 0 Å². The molecule has 1 heterocycles. The third kappa shape index (κ3) is 4.16. The fourth-order valence-corrected chi connectivity index (χ4v) is 1.91. The summed E-state index contributed by atoms with van der Waals surface area (Å²) in [7, 11) is 0. The van der Waals surface area contributed by atoms with Crippen LogP contribution in [-0.4, -0.2) is 21.9 Å². The molecule has 20 heavy (non-hydrogen) atoms. The number of aryl methyl sites for hydroxylation is 2. The largest absolute Gasteiger partial charge is 0.348 e. The Hall–Kier alpha value is -2.23. The molecule has 0 bridgehead atoms. The second-order valence-electron chi connectivity index (χ2n) is 4.94. The summed E-state index contributed by atoms with van der Waals surface area (Å²) in [6, 6.07) is 10.4. The Morgan fingerprint density at radius 1 is 1.20 bits per heavy atom. The molecule has 0 saturated carbocycles. The molecule has 104 valence electrons. The summed E-state index contributed by atoms with van der Waals surface area (Å²) in [6.45, 7) is 3.85. The van der Waals surface area contributed by atoms with Crippen molar-refractivity contribution in [2.45, 2.75) is 32.7 Å². The fraction of sp³-hybridized carbons (Fsp3) is 0.312. The van der Waals surface area contributed by atoms with E-state index < -0.39 is 0 Å². The van der Waals surface area contributed by atoms with Crippen LogP contribution in [0.2, 0.25) is 0 Å². The number of carbonyl (C=O) groups excluding carboxylic acids is 1.